The predicted molar refractivity (Wildman–Crippen MR) is 97.5 cm³/mol. The molecule has 0 aliphatic carbocycles. The molecule has 9 nitrogen and oxygen atoms in total. The molecular formula is C17H27N7O2. The maximum atomic E-state index is 12.1. The number of nitrogens with one attached hydrogen (secondary N) is 4. The standard InChI is InChI=1S/C17H27N7O2/c1-4-18-15(19-9-12-10-20-23-11(12)2)24-7-5-13(6-8-24)17(3)14(25)21-16(26)22-17/h10,13H,4-9H2,1-3H3,(H,18,19)(H,20,23)(H2,21,22,25,26). The number of urea groups is 1. The molecule has 2 saturated heterocycles. The molecule has 142 valence electrons. The Morgan fingerprint density at radius 2 is 2.15 bits per heavy atom. The van der Waals surface area contributed by atoms with Crippen molar-refractivity contribution in [3.05, 3.63) is 17.5 Å². The lowest BCUT2D eigenvalue weighted by molar-refractivity contribution is -0.125. The molecule has 0 saturated carbocycles. The lowest BCUT2D eigenvalue weighted by atomic mass is 9.79. The number of carbonyl (C=O) groups is 2. The maximum Gasteiger partial charge on any atom is 0.322 e. The highest BCUT2D eigenvalue weighted by Crippen LogP contribution is 2.30. The van der Waals surface area contributed by atoms with Crippen LogP contribution in [-0.2, 0) is 11.3 Å². The molecule has 3 amide bonds. The topological polar surface area (TPSA) is 115 Å². The summed E-state index contributed by atoms with van der Waals surface area (Å²) < 4.78 is 0. The van der Waals surface area contributed by atoms with E-state index in [1.165, 1.54) is 0 Å². The molecule has 4 N–H and O–H groups in total. The first-order chi connectivity index (χ1) is 12.4. The van der Waals surface area contributed by atoms with Gasteiger partial charge in [-0.25, -0.2) is 9.79 Å². The lowest BCUT2D eigenvalue weighted by Crippen LogP contribution is -2.55. The maximum absolute atomic E-state index is 12.1. The Morgan fingerprint density at radius 3 is 2.69 bits per heavy atom. The number of imide groups is 1. The van der Waals surface area contributed by atoms with Gasteiger partial charge in [0.2, 0.25) is 0 Å². The second-order valence-electron chi connectivity index (χ2n) is 7.06. The summed E-state index contributed by atoms with van der Waals surface area (Å²) in [5, 5.41) is 15.4. The minimum Gasteiger partial charge on any atom is -0.357 e. The molecule has 3 rings (SSSR count). The van der Waals surface area contributed by atoms with Crippen LogP contribution in [0.1, 0.15) is 37.9 Å². The molecular weight excluding hydrogens is 334 g/mol. The van der Waals surface area contributed by atoms with E-state index < -0.39 is 11.6 Å². The molecule has 0 radical (unpaired) electrons. The van der Waals surface area contributed by atoms with Gasteiger partial charge in [-0.15, -0.1) is 0 Å². The Labute approximate surface area is 153 Å². The average Bonchev–Trinajstić information content (AvgIpc) is 3.14. The van der Waals surface area contributed by atoms with Crippen LogP contribution < -0.4 is 16.0 Å². The van der Waals surface area contributed by atoms with Crippen LogP contribution in [-0.4, -0.2) is 58.2 Å². The van der Waals surface area contributed by atoms with Gasteiger partial charge < -0.3 is 15.5 Å². The summed E-state index contributed by atoms with van der Waals surface area (Å²) in [5.74, 6) is 0.762. The van der Waals surface area contributed by atoms with Gasteiger partial charge in [-0.3, -0.25) is 15.2 Å². The number of aliphatic imine (C=N–C) groups is 1. The monoisotopic (exact) mass is 361 g/mol. The van der Waals surface area contributed by atoms with Gasteiger partial charge in [0.25, 0.3) is 5.91 Å². The van der Waals surface area contributed by atoms with E-state index in [9.17, 15) is 9.59 Å². The number of hydrogen-bond acceptors (Lipinski definition) is 4. The first-order valence-corrected chi connectivity index (χ1v) is 9.09. The van der Waals surface area contributed by atoms with E-state index in [2.05, 4.69) is 31.0 Å². The SMILES string of the molecule is CCNC(=NCc1cn[nH]c1C)N1CCC(C2(C)NC(=O)NC2=O)CC1. The van der Waals surface area contributed by atoms with Crippen LogP contribution in [0, 0.1) is 12.8 Å². The van der Waals surface area contributed by atoms with Crippen molar-refractivity contribution < 1.29 is 9.59 Å². The molecule has 1 aromatic rings. The van der Waals surface area contributed by atoms with Crippen LogP contribution in [0.25, 0.3) is 0 Å². The summed E-state index contributed by atoms with van der Waals surface area (Å²) in [5.41, 5.74) is 1.29. The average molecular weight is 361 g/mol. The normalized spacial score (nSPS) is 24.6. The molecule has 2 aliphatic rings. The Kier molecular flexibility index (Phi) is 5.15. The predicted octanol–water partition coefficient (Wildman–Crippen LogP) is 0.494. The number of aryl methyl sites for hydroxylation is 1. The van der Waals surface area contributed by atoms with E-state index in [1.54, 1.807) is 6.20 Å². The summed E-state index contributed by atoms with van der Waals surface area (Å²) in [7, 11) is 0. The number of aromatic amines is 1. The second-order valence-corrected chi connectivity index (χ2v) is 7.06. The highest BCUT2D eigenvalue weighted by Gasteiger charge is 2.48. The number of nitrogens with zero attached hydrogens (tertiary/aromatic N) is 3. The van der Waals surface area contributed by atoms with Crippen molar-refractivity contribution >= 4 is 17.9 Å². The molecule has 1 unspecified atom stereocenters. The van der Waals surface area contributed by atoms with Gasteiger partial charge in [0.05, 0.1) is 12.7 Å². The molecule has 0 spiro atoms. The number of H-pyrrole nitrogens is 1. The van der Waals surface area contributed by atoms with Crippen molar-refractivity contribution in [2.75, 3.05) is 19.6 Å². The zero-order valence-corrected chi connectivity index (χ0v) is 15.6. The van der Waals surface area contributed by atoms with Crippen LogP contribution >= 0.6 is 0 Å². The number of rotatable bonds is 4. The van der Waals surface area contributed by atoms with Crippen LogP contribution in [0.15, 0.2) is 11.2 Å². The third kappa shape index (κ3) is 3.51. The van der Waals surface area contributed by atoms with Gasteiger partial charge in [-0.05, 0) is 39.5 Å². The highest BCUT2D eigenvalue weighted by molar-refractivity contribution is 6.07. The Bertz CT molecular complexity index is 706. The van der Waals surface area contributed by atoms with E-state index in [4.69, 9.17) is 4.99 Å². The first kappa shape index (κ1) is 18.2. The molecule has 26 heavy (non-hydrogen) atoms. The van der Waals surface area contributed by atoms with Crippen molar-refractivity contribution in [3.63, 3.8) is 0 Å². The van der Waals surface area contributed by atoms with Gasteiger partial charge in [-0.2, -0.15) is 5.10 Å². The number of hydrogen-bond donors (Lipinski definition) is 4. The molecule has 2 fully saturated rings. The van der Waals surface area contributed by atoms with Gasteiger partial charge in [-0.1, -0.05) is 0 Å². The molecule has 9 heteroatoms. The van der Waals surface area contributed by atoms with E-state index in [0.29, 0.717) is 6.54 Å². The Balaban J connectivity index is 1.64. The van der Waals surface area contributed by atoms with E-state index in [1.807, 2.05) is 20.8 Å². The largest absolute Gasteiger partial charge is 0.357 e. The molecule has 1 atom stereocenters. The third-order valence-electron chi connectivity index (χ3n) is 5.35. The number of guanidine groups is 1. The zero-order valence-electron chi connectivity index (χ0n) is 15.6. The quantitative estimate of drug-likeness (QED) is 0.354. The highest BCUT2D eigenvalue weighted by atomic mass is 16.2. The van der Waals surface area contributed by atoms with Crippen molar-refractivity contribution in [1.82, 2.24) is 31.0 Å². The van der Waals surface area contributed by atoms with Crippen LogP contribution in [0.4, 0.5) is 4.79 Å². The molecule has 3 heterocycles. The molecule has 2 aliphatic heterocycles. The summed E-state index contributed by atoms with van der Waals surface area (Å²) in [6.07, 6.45) is 3.44. The first-order valence-electron chi connectivity index (χ1n) is 9.09. The van der Waals surface area contributed by atoms with E-state index >= 15 is 0 Å². The number of likely N-dealkylation sites (tertiary alicyclic amines) is 1. The van der Waals surface area contributed by atoms with Gasteiger partial charge in [0.1, 0.15) is 5.54 Å². The summed E-state index contributed by atoms with van der Waals surface area (Å²) in [6, 6.07) is -0.398. The van der Waals surface area contributed by atoms with Crippen LogP contribution in [0.3, 0.4) is 0 Å². The van der Waals surface area contributed by atoms with Crippen molar-refractivity contribution in [2.45, 2.75) is 45.7 Å². The number of carbonyl (C=O) groups excluding carboxylic acids is 2. The fourth-order valence-corrected chi connectivity index (χ4v) is 3.63. The second kappa shape index (κ2) is 7.35. The van der Waals surface area contributed by atoms with Crippen molar-refractivity contribution in [1.29, 1.82) is 0 Å². The molecule has 1 aromatic heterocycles. The fraction of sp³-hybridized carbons (Fsp3) is 0.647. The number of piperidine rings is 1. The van der Waals surface area contributed by atoms with Crippen molar-refractivity contribution in [3.8, 4) is 0 Å². The molecule has 0 aromatic carbocycles. The van der Waals surface area contributed by atoms with E-state index in [0.717, 1.165) is 49.7 Å². The molecule has 0 bridgehead atoms. The summed E-state index contributed by atoms with van der Waals surface area (Å²) in [4.78, 5) is 30.6. The Hall–Kier alpha value is -2.58. The van der Waals surface area contributed by atoms with Gasteiger partial charge >= 0.3 is 6.03 Å². The fourth-order valence-electron chi connectivity index (χ4n) is 3.63. The smallest absolute Gasteiger partial charge is 0.322 e. The number of aromatic nitrogens is 2. The number of amides is 3. The van der Waals surface area contributed by atoms with Crippen molar-refractivity contribution in [2.24, 2.45) is 10.9 Å². The van der Waals surface area contributed by atoms with E-state index in [-0.39, 0.29) is 11.8 Å². The van der Waals surface area contributed by atoms with Gasteiger partial charge in [0, 0.05) is 30.9 Å². The third-order valence-corrected chi connectivity index (χ3v) is 5.35. The van der Waals surface area contributed by atoms with Crippen LogP contribution in [0.5, 0.6) is 0 Å². The van der Waals surface area contributed by atoms with Gasteiger partial charge in [0.15, 0.2) is 5.96 Å². The minimum atomic E-state index is -0.813. The summed E-state index contributed by atoms with van der Waals surface area (Å²) in [6.45, 7) is 8.79. The van der Waals surface area contributed by atoms with Crippen LogP contribution in [0.2, 0.25) is 0 Å². The minimum absolute atomic E-state index is 0.115. The zero-order chi connectivity index (χ0) is 18.7. The summed E-state index contributed by atoms with van der Waals surface area (Å²) >= 11 is 0. The lowest BCUT2D eigenvalue weighted by Gasteiger charge is -2.39. The Morgan fingerprint density at radius 1 is 1.42 bits per heavy atom.